The predicted molar refractivity (Wildman–Crippen MR) is 72.1 cm³/mol. The summed E-state index contributed by atoms with van der Waals surface area (Å²) in [6.45, 7) is 2.93. The number of nitrogens with zero attached hydrogens (tertiary/aromatic N) is 1. The summed E-state index contributed by atoms with van der Waals surface area (Å²) in [7, 11) is 0. The first-order chi connectivity index (χ1) is 7.86. The molecule has 4 heteroatoms. The minimum absolute atomic E-state index is 0.393. The lowest BCUT2D eigenvalue weighted by Gasteiger charge is -2.52. The Kier molecular flexibility index (Phi) is 3.44. The van der Waals surface area contributed by atoms with Crippen LogP contribution in [0.2, 0.25) is 0 Å². The molecule has 3 aliphatic heterocycles. The van der Waals surface area contributed by atoms with Crippen molar-refractivity contribution in [1.29, 1.82) is 0 Å². The van der Waals surface area contributed by atoms with E-state index in [1.54, 1.807) is 0 Å². The van der Waals surface area contributed by atoms with E-state index in [2.05, 4.69) is 28.4 Å². The van der Waals surface area contributed by atoms with E-state index in [4.69, 9.17) is 0 Å². The van der Waals surface area contributed by atoms with Gasteiger partial charge in [0, 0.05) is 24.2 Å². The molecule has 0 unspecified atom stereocenters. The molecule has 1 spiro atoms. The number of piperidine rings is 2. The molecule has 0 aromatic rings. The molecule has 3 aliphatic rings. The Labute approximate surface area is 107 Å². The molecule has 0 amide bonds. The van der Waals surface area contributed by atoms with Gasteiger partial charge in [-0.05, 0) is 44.7 Å². The standard InChI is InChI=1S/C12H21NOS2/c14-9-10-3-1-5-13-6-2-4-12(11(10)13)15-7-8-16-12/h10-11,14H,1-9H2/t10-,11+/m0/s1. The van der Waals surface area contributed by atoms with E-state index in [9.17, 15) is 5.11 Å². The van der Waals surface area contributed by atoms with E-state index < -0.39 is 0 Å². The zero-order valence-electron chi connectivity index (χ0n) is 9.73. The van der Waals surface area contributed by atoms with Crippen molar-refractivity contribution in [2.24, 2.45) is 5.92 Å². The van der Waals surface area contributed by atoms with Gasteiger partial charge in [-0.1, -0.05) is 0 Å². The molecule has 0 saturated carbocycles. The Morgan fingerprint density at radius 2 is 1.94 bits per heavy atom. The number of aliphatic hydroxyl groups excluding tert-OH is 1. The maximum atomic E-state index is 9.63. The molecule has 2 atom stereocenters. The SMILES string of the molecule is OC[C@@H]1CCCN2CCCC3(SCCS3)[C@@H]12. The topological polar surface area (TPSA) is 23.5 Å². The third kappa shape index (κ3) is 1.82. The molecule has 0 aromatic heterocycles. The second kappa shape index (κ2) is 4.71. The maximum absolute atomic E-state index is 9.63. The van der Waals surface area contributed by atoms with Crippen molar-refractivity contribution in [2.45, 2.75) is 35.8 Å². The van der Waals surface area contributed by atoms with Gasteiger partial charge in [-0.15, -0.1) is 23.5 Å². The number of rotatable bonds is 1. The van der Waals surface area contributed by atoms with Crippen molar-refractivity contribution in [3.8, 4) is 0 Å². The summed E-state index contributed by atoms with van der Waals surface area (Å²) in [5.74, 6) is 3.16. The number of aliphatic hydroxyl groups is 1. The summed E-state index contributed by atoms with van der Waals surface area (Å²) in [5, 5.41) is 9.63. The van der Waals surface area contributed by atoms with E-state index in [1.807, 2.05) is 0 Å². The fraction of sp³-hybridized carbons (Fsp3) is 1.00. The number of hydrogen-bond acceptors (Lipinski definition) is 4. The van der Waals surface area contributed by atoms with Crippen LogP contribution in [-0.4, -0.2) is 51.3 Å². The van der Waals surface area contributed by atoms with Crippen LogP contribution in [0.3, 0.4) is 0 Å². The van der Waals surface area contributed by atoms with Gasteiger partial charge in [-0.2, -0.15) is 0 Å². The Bertz CT molecular complexity index is 247. The Balaban J connectivity index is 1.86. The van der Waals surface area contributed by atoms with Crippen LogP contribution in [0.25, 0.3) is 0 Å². The van der Waals surface area contributed by atoms with E-state index in [0.29, 0.717) is 22.6 Å². The summed E-state index contributed by atoms with van der Waals surface area (Å²) in [4.78, 5) is 2.68. The van der Waals surface area contributed by atoms with E-state index in [0.717, 1.165) is 0 Å². The van der Waals surface area contributed by atoms with Gasteiger partial charge in [0.05, 0.1) is 4.08 Å². The molecule has 2 nitrogen and oxygen atoms in total. The first-order valence-corrected chi connectivity index (χ1v) is 8.46. The minimum atomic E-state index is 0.393. The first-order valence-electron chi connectivity index (χ1n) is 6.48. The predicted octanol–water partition coefficient (Wildman–Crippen LogP) is 2.03. The molecule has 0 radical (unpaired) electrons. The van der Waals surface area contributed by atoms with E-state index in [1.165, 1.54) is 50.3 Å². The molecular weight excluding hydrogens is 238 g/mol. The summed E-state index contributed by atoms with van der Waals surface area (Å²) < 4.78 is 0.437. The van der Waals surface area contributed by atoms with Gasteiger partial charge >= 0.3 is 0 Å². The number of hydrogen-bond donors (Lipinski definition) is 1. The molecule has 3 saturated heterocycles. The van der Waals surface area contributed by atoms with Crippen molar-refractivity contribution in [1.82, 2.24) is 4.90 Å². The highest BCUT2D eigenvalue weighted by Gasteiger charge is 2.51. The lowest BCUT2D eigenvalue weighted by atomic mass is 9.83. The smallest absolute Gasteiger partial charge is 0.0770 e. The van der Waals surface area contributed by atoms with Crippen LogP contribution in [0, 0.1) is 5.92 Å². The molecule has 16 heavy (non-hydrogen) atoms. The maximum Gasteiger partial charge on any atom is 0.0770 e. The van der Waals surface area contributed by atoms with Gasteiger partial charge in [0.25, 0.3) is 0 Å². The van der Waals surface area contributed by atoms with Crippen LogP contribution in [0.15, 0.2) is 0 Å². The Morgan fingerprint density at radius 1 is 1.19 bits per heavy atom. The van der Waals surface area contributed by atoms with Crippen LogP contribution in [0.5, 0.6) is 0 Å². The van der Waals surface area contributed by atoms with Crippen molar-refractivity contribution in [3.63, 3.8) is 0 Å². The molecule has 3 rings (SSSR count). The Morgan fingerprint density at radius 3 is 2.69 bits per heavy atom. The summed E-state index contributed by atoms with van der Waals surface area (Å²) in [5.41, 5.74) is 0. The average molecular weight is 259 g/mol. The van der Waals surface area contributed by atoms with Gasteiger partial charge in [-0.25, -0.2) is 0 Å². The number of thioether (sulfide) groups is 2. The van der Waals surface area contributed by atoms with Crippen molar-refractivity contribution in [3.05, 3.63) is 0 Å². The molecule has 0 bridgehead atoms. The molecule has 0 aromatic carbocycles. The lowest BCUT2D eigenvalue weighted by molar-refractivity contribution is 0.0288. The fourth-order valence-corrected chi connectivity index (χ4v) is 7.49. The molecule has 0 aliphatic carbocycles. The fourth-order valence-electron chi connectivity index (χ4n) is 3.69. The van der Waals surface area contributed by atoms with Crippen LogP contribution >= 0.6 is 23.5 Å². The largest absolute Gasteiger partial charge is 0.396 e. The van der Waals surface area contributed by atoms with Crippen LogP contribution in [0.4, 0.5) is 0 Å². The van der Waals surface area contributed by atoms with Crippen LogP contribution in [0.1, 0.15) is 25.7 Å². The van der Waals surface area contributed by atoms with Gasteiger partial charge in [0.1, 0.15) is 0 Å². The van der Waals surface area contributed by atoms with E-state index in [-0.39, 0.29) is 0 Å². The second-order valence-corrected chi connectivity index (χ2v) is 8.29. The zero-order valence-corrected chi connectivity index (χ0v) is 11.4. The van der Waals surface area contributed by atoms with Crippen LogP contribution in [-0.2, 0) is 0 Å². The van der Waals surface area contributed by atoms with Gasteiger partial charge < -0.3 is 5.11 Å². The lowest BCUT2D eigenvalue weighted by Crippen LogP contribution is -2.59. The van der Waals surface area contributed by atoms with Crippen molar-refractivity contribution >= 4 is 23.5 Å². The summed E-state index contributed by atoms with van der Waals surface area (Å²) in [6.07, 6.45) is 5.24. The number of fused-ring (bicyclic) bond motifs is 2. The zero-order chi connectivity index (χ0) is 11.0. The quantitative estimate of drug-likeness (QED) is 0.778. The molecule has 3 fully saturated rings. The van der Waals surface area contributed by atoms with Crippen molar-refractivity contribution < 1.29 is 5.11 Å². The highest BCUT2D eigenvalue weighted by atomic mass is 32.2. The summed E-state index contributed by atoms with van der Waals surface area (Å²) in [6, 6.07) is 0.650. The van der Waals surface area contributed by atoms with Gasteiger partial charge in [0.15, 0.2) is 0 Å². The normalized spacial score (nSPS) is 38.8. The second-order valence-electron chi connectivity index (χ2n) is 5.18. The average Bonchev–Trinajstić information content (AvgIpc) is 2.78. The summed E-state index contributed by atoms with van der Waals surface area (Å²) >= 11 is 4.36. The van der Waals surface area contributed by atoms with Gasteiger partial charge in [-0.3, -0.25) is 4.90 Å². The van der Waals surface area contributed by atoms with Crippen LogP contribution < -0.4 is 0 Å². The molecule has 3 heterocycles. The Hall–Kier alpha value is 0.620. The highest BCUT2D eigenvalue weighted by molar-refractivity contribution is 8.21. The molecule has 1 N–H and O–H groups in total. The third-order valence-electron chi connectivity index (χ3n) is 4.29. The first kappa shape index (κ1) is 11.7. The van der Waals surface area contributed by atoms with E-state index >= 15 is 0 Å². The third-order valence-corrected chi connectivity index (χ3v) is 7.94. The molecular formula is C12H21NOS2. The van der Waals surface area contributed by atoms with Crippen molar-refractivity contribution in [2.75, 3.05) is 31.2 Å². The molecule has 92 valence electrons. The van der Waals surface area contributed by atoms with Gasteiger partial charge in [0.2, 0.25) is 0 Å². The monoisotopic (exact) mass is 259 g/mol. The highest BCUT2D eigenvalue weighted by Crippen LogP contribution is 2.55. The minimum Gasteiger partial charge on any atom is -0.396 e.